The van der Waals surface area contributed by atoms with Gasteiger partial charge in [-0.15, -0.1) is 12.3 Å². The van der Waals surface area contributed by atoms with Crippen LogP contribution in [-0.2, 0) is 9.59 Å². The van der Waals surface area contributed by atoms with E-state index in [2.05, 4.69) is 6.58 Å². The van der Waals surface area contributed by atoms with Gasteiger partial charge in [0.15, 0.2) is 0 Å². The molecule has 0 radical (unpaired) electrons. The van der Waals surface area contributed by atoms with Crippen molar-refractivity contribution < 1.29 is 9.59 Å². The smallest absolute Gasteiger partial charge is 0.217 e. The second-order valence-corrected chi connectivity index (χ2v) is 8.69. The zero-order valence-corrected chi connectivity index (χ0v) is 9.91. The fourth-order valence-corrected chi connectivity index (χ4v) is 4.02. The Bertz CT molecular complexity index is 246. The van der Waals surface area contributed by atoms with E-state index in [1.807, 2.05) is 6.55 Å². The molecular weight excluding hydrogens is 196 g/mol. The first-order chi connectivity index (χ1) is 6.27. The van der Waals surface area contributed by atoms with Crippen molar-refractivity contribution in [2.75, 3.05) is 0 Å². The number of amides is 2. The van der Waals surface area contributed by atoms with Gasteiger partial charge in [-0.1, -0.05) is 20.4 Å². The number of carbonyl (C=O) groups is 2. The molecule has 0 aromatic rings. The molecule has 2 amide bonds. The van der Waals surface area contributed by atoms with E-state index in [9.17, 15) is 9.59 Å². The minimum atomic E-state index is -2.24. The summed E-state index contributed by atoms with van der Waals surface area (Å²) < 4.78 is 0. The molecule has 0 rings (SSSR count). The highest BCUT2D eigenvalue weighted by Crippen LogP contribution is 2.33. The van der Waals surface area contributed by atoms with Crippen LogP contribution in [0.1, 0.15) is 13.8 Å². The molecule has 0 aliphatic heterocycles. The summed E-state index contributed by atoms with van der Waals surface area (Å²) in [5.74, 6) is -0.792. The summed E-state index contributed by atoms with van der Waals surface area (Å²) in [5, 5.41) is 0. The molecule has 0 bridgehead atoms. The fraction of sp³-hybridized carbons (Fsp3) is 0.556. The van der Waals surface area contributed by atoms with Crippen molar-refractivity contribution in [2.45, 2.75) is 31.5 Å². The quantitative estimate of drug-likeness (QED) is 0.654. The maximum atomic E-state index is 11.1. The first-order valence-electron chi connectivity index (χ1n) is 4.49. The van der Waals surface area contributed by atoms with E-state index in [4.69, 9.17) is 11.5 Å². The van der Waals surface area contributed by atoms with Crippen LogP contribution in [-0.4, -0.2) is 19.9 Å². The van der Waals surface area contributed by atoms with E-state index >= 15 is 0 Å². The summed E-state index contributed by atoms with van der Waals surface area (Å²) in [6, 6.07) is 0. The van der Waals surface area contributed by atoms with Gasteiger partial charge in [0, 0.05) is 11.1 Å². The van der Waals surface area contributed by atoms with E-state index in [1.54, 1.807) is 19.5 Å². The summed E-state index contributed by atoms with van der Waals surface area (Å²) in [5.41, 5.74) is 11.5. The number of hydrogen-bond donors (Lipinski definition) is 2. The van der Waals surface area contributed by atoms with Crippen LogP contribution < -0.4 is 11.5 Å². The Morgan fingerprint density at radius 3 is 1.64 bits per heavy atom. The predicted octanol–water partition coefficient (Wildman–Crippen LogP) is 0.541. The molecule has 2 unspecified atom stereocenters. The molecule has 80 valence electrons. The molecule has 0 aliphatic rings. The van der Waals surface area contributed by atoms with Crippen molar-refractivity contribution >= 4 is 19.9 Å². The monoisotopic (exact) mass is 214 g/mol. The lowest BCUT2D eigenvalue weighted by Crippen LogP contribution is -2.47. The SMILES string of the molecule is C=C[Si](C)(C(C)C(N)=O)C(C)C(N)=O. The second-order valence-electron chi connectivity index (χ2n) is 3.82. The van der Waals surface area contributed by atoms with Crippen LogP contribution in [0.25, 0.3) is 0 Å². The van der Waals surface area contributed by atoms with Crippen LogP contribution in [0.4, 0.5) is 0 Å². The summed E-state index contributed by atoms with van der Waals surface area (Å²) in [6.45, 7) is 9.04. The van der Waals surface area contributed by atoms with Crippen LogP contribution in [0.5, 0.6) is 0 Å². The molecule has 0 saturated carbocycles. The second kappa shape index (κ2) is 4.41. The largest absolute Gasteiger partial charge is 0.370 e. The van der Waals surface area contributed by atoms with Gasteiger partial charge >= 0.3 is 0 Å². The number of primary amides is 2. The average Bonchev–Trinajstić information content (AvgIpc) is 2.13. The van der Waals surface area contributed by atoms with Gasteiger partial charge in [-0.25, -0.2) is 0 Å². The van der Waals surface area contributed by atoms with E-state index in [-0.39, 0.29) is 11.1 Å². The van der Waals surface area contributed by atoms with Crippen LogP contribution in [0.3, 0.4) is 0 Å². The van der Waals surface area contributed by atoms with Crippen molar-refractivity contribution in [3.8, 4) is 0 Å². The molecule has 5 heteroatoms. The van der Waals surface area contributed by atoms with Crippen molar-refractivity contribution in [1.82, 2.24) is 0 Å². The van der Waals surface area contributed by atoms with Crippen LogP contribution in [0, 0.1) is 0 Å². The molecule has 14 heavy (non-hydrogen) atoms. The molecule has 0 saturated heterocycles. The summed E-state index contributed by atoms with van der Waals surface area (Å²) >= 11 is 0. The van der Waals surface area contributed by atoms with Crippen LogP contribution in [0.2, 0.25) is 17.6 Å². The Balaban J connectivity index is 5.06. The third-order valence-electron chi connectivity index (χ3n) is 3.16. The van der Waals surface area contributed by atoms with Gasteiger partial charge in [-0.05, 0) is 0 Å². The lowest BCUT2D eigenvalue weighted by molar-refractivity contribution is -0.117. The molecule has 0 heterocycles. The number of carbonyl (C=O) groups excluding carboxylic acids is 2. The molecule has 2 atom stereocenters. The number of nitrogens with two attached hydrogens (primary N) is 2. The first kappa shape index (κ1) is 12.9. The van der Waals surface area contributed by atoms with Crippen molar-refractivity contribution in [2.24, 2.45) is 11.5 Å². The van der Waals surface area contributed by atoms with Crippen molar-refractivity contribution in [1.29, 1.82) is 0 Å². The van der Waals surface area contributed by atoms with Gasteiger partial charge in [0.25, 0.3) is 0 Å². The van der Waals surface area contributed by atoms with Crippen molar-refractivity contribution in [3.05, 3.63) is 12.3 Å². The zero-order valence-electron chi connectivity index (χ0n) is 8.91. The van der Waals surface area contributed by atoms with E-state index < -0.39 is 19.9 Å². The summed E-state index contributed by atoms with van der Waals surface area (Å²) in [6.07, 6.45) is 0. The van der Waals surface area contributed by atoms with E-state index in [0.29, 0.717) is 0 Å². The summed E-state index contributed by atoms with van der Waals surface area (Å²) in [7, 11) is -2.24. The Kier molecular flexibility index (Phi) is 4.06. The Morgan fingerprint density at radius 2 is 1.50 bits per heavy atom. The Labute approximate surface area is 85.4 Å². The Hall–Kier alpha value is -1.10. The molecule has 0 fully saturated rings. The standard InChI is InChI=1S/C9H18N2O2Si/c1-5-14(4,6(2)8(10)12)7(3)9(11)13/h5-7H,1H2,2-4H3,(H2,10,12)(H2,11,13). The van der Waals surface area contributed by atoms with Gasteiger partial charge in [-0.2, -0.15) is 0 Å². The van der Waals surface area contributed by atoms with Gasteiger partial charge in [0.05, 0.1) is 8.07 Å². The van der Waals surface area contributed by atoms with Gasteiger partial charge in [-0.3, -0.25) is 9.59 Å². The highest BCUT2D eigenvalue weighted by molar-refractivity contribution is 6.90. The van der Waals surface area contributed by atoms with Crippen LogP contribution in [0.15, 0.2) is 12.3 Å². The average molecular weight is 214 g/mol. The molecule has 0 aromatic carbocycles. The topological polar surface area (TPSA) is 86.2 Å². The molecule has 0 spiro atoms. The third-order valence-corrected chi connectivity index (χ3v) is 8.34. The lowest BCUT2D eigenvalue weighted by atomic mass is 10.4. The minimum absolute atomic E-state index is 0.331. The predicted molar refractivity (Wildman–Crippen MR) is 59.1 cm³/mol. The molecular formula is C9H18N2O2Si. The van der Waals surface area contributed by atoms with Crippen LogP contribution >= 0.6 is 0 Å². The lowest BCUT2D eigenvalue weighted by Gasteiger charge is -2.32. The summed E-state index contributed by atoms with van der Waals surface area (Å²) in [4.78, 5) is 22.2. The number of hydrogen-bond acceptors (Lipinski definition) is 2. The van der Waals surface area contributed by atoms with Gasteiger partial charge in [0.2, 0.25) is 11.8 Å². The molecule has 0 aliphatic carbocycles. The van der Waals surface area contributed by atoms with Crippen molar-refractivity contribution in [3.63, 3.8) is 0 Å². The number of rotatable bonds is 5. The third kappa shape index (κ3) is 2.23. The molecule has 4 nitrogen and oxygen atoms in total. The highest BCUT2D eigenvalue weighted by Gasteiger charge is 2.41. The fourth-order valence-electron chi connectivity index (χ4n) is 1.34. The van der Waals surface area contributed by atoms with E-state index in [0.717, 1.165) is 0 Å². The first-order valence-corrected chi connectivity index (χ1v) is 7.22. The zero-order chi connectivity index (χ0) is 11.5. The maximum Gasteiger partial charge on any atom is 0.217 e. The minimum Gasteiger partial charge on any atom is -0.370 e. The van der Waals surface area contributed by atoms with Gasteiger partial charge < -0.3 is 11.5 Å². The van der Waals surface area contributed by atoms with E-state index in [1.165, 1.54) is 0 Å². The normalized spacial score (nSPS) is 19.1. The Morgan fingerprint density at radius 1 is 1.21 bits per heavy atom. The molecule has 4 N–H and O–H groups in total. The van der Waals surface area contributed by atoms with Gasteiger partial charge in [0.1, 0.15) is 0 Å². The highest BCUT2D eigenvalue weighted by atomic mass is 28.3. The molecule has 0 aromatic heterocycles. The maximum absolute atomic E-state index is 11.1.